The molecule has 0 spiro atoms. The van der Waals surface area contributed by atoms with Gasteiger partial charge in [-0.05, 0) is 58.0 Å². The number of hydrogen-bond acceptors (Lipinski definition) is 5. The maximum atomic E-state index is 11.3. The Morgan fingerprint density at radius 2 is 1.59 bits per heavy atom. The van der Waals surface area contributed by atoms with Crippen molar-refractivity contribution < 1.29 is 23.1 Å². The molecule has 0 aliphatic heterocycles. The number of carbonyl (C=O) groups is 1. The molecule has 1 unspecified atom stereocenters. The SMILES string of the molecule is C=C(C)C(=O)OCCOCCC[Si](C)(C)O[Si](C)(CCCC)CCOCC. The van der Waals surface area contributed by atoms with Crippen LogP contribution in [0.15, 0.2) is 12.2 Å². The highest BCUT2D eigenvalue weighted by molar-refractivity contribution is 6.85. The standard InChI is InChI=1S/C20H42O5Si2/c1-8-10-17-27(7,18-15-22-9-2)25-26(5,6)16-11-12-23-13-14-24-20(21)19(3)4/h3,8-18H2,1-2,4-7H3. The molecule has 0 saturated carbocycles. The van der Waals surface area contributed by atoms with E-state index < -0.39 is 16.6 Å². The molecule has 1 atom stereocenters. The average Bonchev–Trinajstić information content (AvgIpc) is 2.58. The van der Waals surface area contributed by atoms with Gasteiger partial charge in [0.2, 0.25) is 0 Å². The summed E-state index contributed by atoms with van der Waals surface area (Å²) >= 11 is 0. The normalized spacial score (nSPS) is 14.0. The van der Waals surface area contributed by atoms with E-state index in [-0.39, 0.29) is 12.6 Å². The van der Waals surface area contributed by atoms with Gasteiger partial charge in [0, 0.05) is 25.4 Å². The first-order valence-electron chi connectivity index (χ1n) is 10.3. The van der Waals surface area contributed by atoms with Gasteiger partial charge in [0.15, 0.2) is 16.6 Å². The van der Waals surface area contributed by atoms with E-state index in [4.69, 9.17) is 18.3 Å². The molecule has 0 radical (unpaired) electrons. The number of unbranched alkanes of at least 4 members (excludes halogenated alkanes) is 1. The number of esters is 1. The van der Waals surface area contributed by atoms with Crippen LogP contribution < -0.4 is 0 Å². The lowest BCUT2D eigenvalue weighted by molar-refractivity contribution is -0.140. The van der Waals surface area contributed by atoms with Crippen LogP contribution in [0.4, 0.5) is 0 Å². The fraction of sp³-hybridized carbons (Fsp3) is 0.850. The van der Waals surface area contributed by atoms with Crippen molar-refractivity contribution in [1.82, 2.24) is 0 Å². The van der Waals surface area contributed by atoms with E-state index in [1.165, 1.54) is 18.9 Å². The Hall–Kier alpha value is -0.476. The number of carbonyl (C=O) groups excluding carboxylic acids is 1. The highest BCUT2D eigenvalue weighted by Crippen LogP contribution is 2.27. The molecule has 0 aliphatic rings. The molecular formula is C20H42O5Si2. The molecule has 0 aromatic carbocycles. The van der Waals surface area contributed by atoms with E-state index in [0.29, 0.717) is 18.8 Å². The van der Waals surface area contributed by atoms with Crippen molar-refractivity contribution in [3.8, 4) is 0 Å². The number of ether oxygens (including phenoxy) is 3. The lowest BCUT2D eigenvalue weighted by atomic mass is 10.4. The van der Waals surface area contributed by atoms with Crippen molar-refractivity contribution in [1.29, 1.82) is 0 Å². The van der Waals surface area contributed by atoms with Gasteiger partial charge >= 0.3 is 5.97 Å². The van der Waals surface area contributed by atoms with Gasteiger partial charge in [-0.15, -0.1) is 0 Å². The maximum Gasteiger partial charge on any atom is 0.333 e. The van der Waals surface area contributed by atoms with Crippen molar-refractivity contribution in [3.63, 3.8) is 0 Å². The summed E-state index contributed by atoms with van der Waals surface area (Å²) in [6.45, 7) is 19.5. The zero-order valence-electron chi connectivity index (χ0n) is 18.5. The van der Waals surface area contributed by atoms with Crippen LogP contribution in [0, 0.1) is 0 Å². The maximum absolute atomic E-state index is 11.3. The Morgan fingerprint density at radius 3 is 2.19 bits per heavy atom. The summed E-state index contributed by atoms with van der Waals surface area (Å²) in [5, 5.41) is 0. The summed E-state index contributed by atoms with van der Waals surface area (Å²) in [6, 6.07) is 3.39. The summed E-state index contributed by atoms with van der Waals surface area (Å²) in [7, 11) is -3.44. The highest BCUT2D eigenvalue weighted by atomic mass is 28.4. The minimum atomic E-state index is -1.72. The first-order valence-corrected chi connectivity index (χ1v) is 16.3. The van der Waals surface area contributed by atoms with Crippen LogP contribution in [0.3, 0.4) is 0 Å². The highest BCUT2D eigenvalue weighted by Gasteiger charge is 2.35. The van der Waals surface area contributed by atoms with Crippen LogP contribution in [0.1, 0.15) is 40.0 Å². The Labute approximate surface area is 169 Å². The van der Waals surface area contributed by atoms with Gasteiger partial charge in [0.1, 0.15) is 6.61 Å². The van der Waals surface area contributed by atoms with Crippen molar-refractivity contribution in [2.75, 3.05) is 33.0 Å². The van der Waals surface area contributed by atoms with Crippen LogP contribution in [-0.2, 0) is 23.1 Å². The third-order valence-electron chi connectivity index (χ3n) is 4.44. The summed E-state index contributed by atoms with van der Waals surface area (Å²) in [5.41, 5.74) is 0.416. The third kappa shape index (κ3) is 14.2. The van der Waals surface area contributed by atoms with E-state index in [0.717, 1.165) is 31.7 Å². The molecular weight excluding hydrogens is 376 g/mol. The fourth-order valence-electron chi connectivity index (χ4n) is 2.95. The Bertz CT molecular complexity index is 429. The topological polar surface area (TPSA) is 54.0 Å². The predicted octanol–water partition coefficient (Wildman–Crippen LogP) is 5.15. The summed E-state index contributed by atoms with van der Waals surface area (Å²) in [4.78, 5) is 11.3. The van der Waals surface area contributed by atoms with Gasteiger partial charge in [-0.1, -0.05) is 26.3 Å². The zero-order valence-corrected chi connectivity index (χ0v) is 20.5. The molecule has 0 fully saturated rings. The van der Waals surface area contributed by atoms with Gasteiger partial charge in [0.05, 0.1) is 6.61 Å². The minimum absolute atomic E-state index is 0.280. The Kier molecular flexibility index (Phi) is 14.3. The van der Waals surface area contributed by atoms with Gasteiger partial charge in [0.25, 0.3) is 0 Å². The zero-order chi connectivity index (χ0) is 20.8. The number of hydrogen-bond donors (Lipinski definition) is 0. The molecule has 0 saturated heterocycles. The molecule has 27 heavy (non-hydrogen) atoms. The van der Waals surface area contributed by atoms with Crippen LogP contribution in [-0.4, -0.2) is 55.6 Å². The van der Waals surface area contributed by atoms with Gasteiger partial charge in [-0.25, -0.2) is 4.79 Å². The largest absolute Gasteiger partial charge is 0.460 e. The Morgan fingerprint density at radius 1 is 0.889 bits per heavy atom. The van der Waals surface area contributed by atoms with Gasteiger partial charge in [-0.2, -0.15) is 0 Å². The molecule has 0 aromatic rings. The van der Waals surface area contributed by atoms with Crippen LogP contribution >= 0.6 is 0 Å². The second kappa shape index (κ2) is 14.5. The molecule has 0 aromatic heterocycles. The van der Waals surface area contributed by atoms with Crippen molar-refractivity contribution in [3.05, 3.63) is 12.2 Å². The van der Waals surface area contributed by atoms with Gasteiger partial charge in [-0.3, -0.25) is 0 Å². The summed E-state index contributed by atoms with van der Waals surface area (Å²) < 4.78 is 23.0. The first-order chi connectivity index (χ1) is 12.7. The van der Waals surface area contributed by atoms with Crippen molar-refractivity contribution >= 4 is 22.6 Å². The van der Waals surface area contributed by atoms with Crippen LogP contribution in [0.5, 0.6) is 0 Å². The van der Waals surface area contributed by atoms with Crippen molar-refractivity contribution in [2.45, 2.75) is 77.8 Å². The second-order valence-electron chi connectivity index (χ2n) is 7.99. The van der Waals surface area contributed by atoms with E-state index in [2.05, 4.69) is 33.1 Å². The lowest BCUT2D eigenvalue weighted by Crippen LogP contribution is -2.47. The van der Waals surface area contributed by atoms with Gasteiger partial charge < -0.3 is 18.3 Å². The molecule has 5 nitrogen and oxygen atoms in total. The second-order valence-corrected chi connectivity index (χ2v) is 16.7. The van der Waals surface area contributed by atoms with E-state index in [1.807, 2.05) is 6.92 Å². The van der Waals surface area contributed by atoms with E-state index in [9.17, 15) is 4.79 Å². The van der Waals surface area contributed by atoms with Crippen LogP contribution in [0.25, 0.3) is 0 Å². The molecule has 0 rings (SSSR count). The predicted molar refractivity (Wildman–Crippen MR) is 117 cm³/mol. The molecule has 7 heteroatoms. The monoisotopic (exact) mass is 418 g/mol. The molecule has 0 bridgehead atoms. The van der Waals surface area contributed by atoms with E-state index in [1.54, 1.807) is 6.92 Å². The van der Waals surface area contributed by atoms with Crippen molar-refractivity contribution in [2.24, 2.45) is 0 Å². The first kappa shape index (κ1) is 26.5. The fourth-order valence-corrected chi connectivity index (χ4v) is 12.4. The summed E-state index contributed by atoms with van der Waals surface area (Å²) in [6.07, 6.45) is 3.44. The minimum Gasteiger partial charge on any atom is -0.460 e. The van der Waals surface area contributed by atoms with Crippen LogP contribution in [0.2, 0.25) is 37.8 Å². The quantitative estimate of drug-likeness (QED) is 0.142. The summed E-state index contributed by atoms with van der Waals surface area (Å²) in [5.74, 6) is -0.357. The Balaban J connectivity index is 4.18. The molecule has 0 heterocycles. The molecule has 160 valence electrons. The lowest BCUT2D eigenvalue weighted by Gasteiger charge is -2.37. The molecule has 0 amide bonds. The third-order valence-corrected chi connectivity index (χ3v) is 12.9. The smallest absolute Gasteiger partial charge is 0.333 e. The molecule has 0 N–H and O–H groups in total. The molecule has 0 aliphatic carbocycles. The average molecular weight is 419 g/mol. The number of rotatable bonds is 17. The van der Waals surface area contributed by atoms with E-state index >= 15 is 0 Å².